The predicted octanol–water partition coefficient (Wildman–Crippen LogP) is 2.33. The quantitative estimate of drug-likeness (QED) is 0.905. The Balaban J connectivity index is 2.23. The Bertz CT molecular complexity index is 482. The molecule has 1 aromatic rings. The van der Waals surface area contributed by atoms with Gasteiger partial charge in [0.25, 0.3) is 0 Å². The third-order valence-corrected chi connectivity index (χ3v) is 3.46. The number of rotatable bonds is 4. The maximum absolute atomic E-state index is 6.00. The normalized spacial score (nSPS) is 18.9. The average molecular weight is 261 g/mol. The minimum atomic E-state index is 0.256. The molecule has 0 spiro atoms. The lowest BCUT2D eigenvalue weighted by molar-refractivity contribution is 0.309. The molecule has 0 amide bonds. The summed E-state index contributed by atoms with van der Waals surface area (Å²) >= 11 is 0. The second-order valence-electron chi connectivity index (χ2n) is 5.49. The van der Waals surface area contributed by atoms with Crippen molar-refractivity contribution in [2.24, 2.45) is 16.6 Å². The highest BCUT2D eigenvalue weighted by Gasteiger charge is 2.28. The number of nitrogens with two attached hydrogens (primary N) is 1. The summed E-state index contributed by atoms with van der Waals surface area (Å²) in [6.45, 7) is 8.13. The van der Waals surface area contributed by atoms with E-state index in [0.29, 0.717) is 11.9 Å². The summed E-state index contributed by atoms with van der Waals surface area (Å²) < 4.78 is 5.31. The molecule has 0 saturated heterocycles. The van der Waals surface area contributed by atoms with Gasteiger partial charge in [-0.3, -0.25) is 4.99 Å². The number of hydrogen-bond acceptors (Lipinski definition) is 4. The minimum Gasteiger partial charge on any atom is -0.496 e. The number of methoxy groups -OCH3 is 1. The molecule has 0 radical (unpaired) electrons. The van der Waals surface area contributed by atoms with E-state index >= 15 is 0 Å². The number of hydrogen-bond donors (Lipinski definition) is 1. The van der Waals surface area contributed by atoms with Gasteiger partial charge in [-0.2, -0.15) is 0 Å². The van der Waals surface area contributed by atoms with E-state index in [1.807, 2.05) is 6.07 Å². The zero-order valence-corrected chi connectivity index (χ0v) is 12.2. The average Bonchev–Trinajstić information content (AvgIpc) is 2.70. The van der Waals surface area contributed by atoms with Crippen LogP contribution in [-0.2, 0) is 0 Å². The fourth-order valence-electron chi connectivity index (χ4n) is 2.54. The number of benzene rings is 1. The summed E-state index contributed by atoms with van der Waals surface area (Å²) in [6, 6.07) is 6.56. The van der Waals surface area contributed by atoms with E-state index < -0.39 is 0 Å². The summed E-state index contributed by atoms with van der Waals surface area (Å²) in [6.07, 6.45) is 0. The molecule has 1 heterocycles. The van der Waals surface area contributed by atoms with Gasteiger partial charge in [-0.15, -0.1) is 0 Å². The van der Waals surface area contributed by atoms with Gasteiger partial charge in [0.05, 0.1) is 19.7 Å². The molecule has 4 nitrogen and oxygen atoms in total. The zero-order valence-electron chi connectivity index (χ0n) is 12.2. The molecular weight excluding hydrogens is 238 g/mol. The molecule has 1 aliphatic heterocycles. The van der Waals surface area contributed by atoms with Crippen molar-refractivity contribution in [2.75, 3.05) is 20.2 Å². The molecule has 1 aromatic carbocycles. The van der Waals surface area contributed by atoms with Crippen molar-refractivity contribution in [3.8, 4) is 5.75 Å². The first-order valence-corrected chi connectivity index (χ1v) is 6.74. The van der Waals surface area contributed by atoms with Crippen LogP contribution in [0.15, 0.2) is 23.2 Å². The van der Waals surface area contributed by atoms with Crippen molar-refractivity contribution in [1.82, 2.24) is 4.90 Å². The van der Waals surface area contributed by atoms with Crippen LogP contribution in [0.5, 0.6) is 5.75 Å². The molecule has 0 bridgehead atoms. The molecule has 2 rings (SSSR count). The SMILES string of the molecule is COc1ccc(C2CN=C(N)N2CC(C)C)cc1C. The van der Waals surface area contributed by atoms with E-state index in [1.165, 1.54) is 5.56 Å². The van der Waals surface area contributed by atoms with Gasteiger partial charge >= 0.3 is 0 Å². The molecular formula is C15H23N3O. The molecule has 0 aromatic heterocycles. The molecule has 1 atom stereocenters. The predicted molar refractivity (Wildman–Crippen MR) is 78.5 cm³/mol. The molecule has 4 heteroatoms. The van der Waals surface area contributed by atoms with Crippen LogP contribution in [-0.4, -0.2) is 31.1 Å². The van der Waals surface area contributed by atoms with Crippen LogP contribution in [0.25, 0.3) is 0 Å². The maximum atomic E-state index is 6.00. The van der Waals surface area contributed by atoms with Gasteiger partial charge in [-0.05, 0) is 30.0 Å². The standard InChI is InChI=1S/C15H23N3O/c1-10(2)9-18-13(8-17-15(18)16)12-5-6-14(19-4)11(3)7-12/h5-7,10,13H,8-9H2,1-4H3,(H2,16,17). The fourth-order valence-corrected chi connectivity index (χ4v) is 2.54. The highest BCUT2D eigenvalue weighted by Crippen LogP contribution is 2.29. The van der Waals surface area contributed by atoms with E-state index in [1.54, 1.807) is 7.11 Å². The van der Waals surface area contributed by atoms with Crippen molar-refractivity contribution >= 4 is 5.96 Å². The highest BCUT2D eigenvalue weighted by molar-refractivity contribution is 5.80. The molecule has 0 saturated carbocycles. The molecule has 0 fully saturated rings. The topological polar surface area (TPSA) is 50.9 Å². The Morgan fingerprint density at radius 2 is 2.21 bits per heavy atom. The Hall–Kier alpha value is -1.71. The first-order valence-electron chi connectivity index (χ1n) is 6.74. The van der Waals surface area contributed by atoms with Gasteiger partial charge in [0.2, 0.25) is 0 Å². The minimum absolute atomic E-state index is 0.256. The summed E-state index contributed by atoms with van der Waals surface area (Å²) in [5.41, 5.74) is 8.40. The van der Waals surface area contributed by atoms with Gasteiger partial charge in [0, 0.05) is 6.54 Å². The van der Waals surface area contributed by atoms with Crippen LogP contribution >= 0.6 is 0 Å². The first-order chi connectivity index (χ1) is 9.02. The van der Waals surface area contributed by atoms with Gasteiger partial charge in [0.15, 0.2) is 5.96 Å². The lowest BCUT2D eigenvalue weighted by Crippen LogP contribution is -2.38. The Morgan fingerprint density at radius 1 is 1.47 bits per heavy atom. The lowest BCUT2D eigenvalue weighted by Gasteiger charge is -2.28. The smallest absolute Gasteiger partial charge is 0.191 e. The molecule has 1 unspecified atom stereocenters. The third-order valence-electron chi connectivity index (χ3n) is 3.46. The second-order valence-corrected chi connectivity index (χ2v) is 5.49. The zero-order chi connectivity index (χ0) is 14.0. The van der Waals surface area contributed by atoms with E-state index in [-0.39, 0.29) is 6.04 Å². The number of aliphatic imine (C=N–C) groups is 1. The number of aryl methyl sites for hydroxylation is 1. The summed E-state index contributed by atoms with van der Waals surface area (Å²) in [5, 5.41) is 0. The van der Waals surface area contributed by atoms with Crippen LogP contribution in [0.2, 0.25) is 0 Å². The molecule has 104 valence electrons. The van der Waals surface area contributed by atoms with Crippen molar-refractivity contribution in [1.29, 1.82) is 0 Å². The van der Waals surface area contributed by atoms with E-state index in [2.05, 4.69) is 42.8 Å². The molecule has 19 heavy (non-hydrogen) atoms. The molecule has 1 aliphatic rings. The Morgan fingerprint density at radius 3 is 2.79 bits per heavy atom. The van der Waals surface area contributed by atoms with Crippen molar-refractivity contribution in [3.63, 3.8) is 0 Å². The summed E-state index contributed by atoms with van der Waals surface area (Å²) in [4.78, 5) is 6.59. The van der Waals surface area contributed by atoms with Gasteiger partial charge in [-0.25, -0.2) is 0 Å². The Kier molecular flexibility index (Phi) is 3.98. The number of guanidine groups is 1. The number of ether oxygens (including phenoxy) is 1. The van der Waals surface area contributed by atoms with Crippen molar-refractivity contribution in [3.05, 3.63) is 29.3 Å². The van der Waals surface area contributed by atoms with E-state index in [4.69, 9.17) is 10.5 Å². The Labute approximate surface area is 115 Å². The largest absolute Gasteiger partial charge is 0.496 e. The molecule has 0 aliphatic carbocycles. The van der Waals surface area contributed by atoms with Crippen LogP contribution < -0.4 is 10.5 Å². The maximum Gasteiger partial charge on any atom is 0.191 e. The van der Waals surface area contributed by atoms with Crippen LogP contribution in [0, 0.1) is 12.8 Å². The lowest BCUT2D eigenvalue weighted by atomic mass is 10.0. The fraction of sp³-hybridized carbons (Fsp3) is 0.533. The van der Waals surface area contributed by atoms with Gasteiger partial charge < -0.3 is 15.4 Å². The van der Waals surface area contributed by atoms with Crippen LogP contribution in [0.1, 0.15) is 31.0 Å². The summed E-state index contributed by atoms with van der Waals surface area (Å²) in [7, 11) is 1.70. The summed E-state index contributed by atoms with van der Waals surface area (Å²) in [5.74, 6) is 2.15. The van der Waals surface area contributed by atoms with Crippen LogP contribution in [0.4, 0.5) is 0 Å². The monoisotopic (exact) mass is 261 g/mol. The first kappa shape index (κ1) is 13.7. The van der Waals surface area contributed by atoms with E-state index in [9.17, 15) is 0 Å². The second kappa shape index (κ2) is 5.51. The highest BCUT2D eigenvalue weighted by atomic mass is 16.5. The van der Waals surface area contributed by atoms with Crippen molar-refractivity contribution < 1.29 is 4.74 Å². The van der Waals surface area contributed by atoms with Gasteiger partial charge in [0.1, 0.15) is 5.75 Å². The van der Waals surface area contributed by atoms with E-state index in [0.717, 1.165) is 24.4 Å². The van der Waals surface area contributed by atoms with Crippen molar-refractivity contribution in [2.45, 2.75) is 26.8 Å². The van der Waals surface area contributed by atoms with Gasteiger partial charge in [-0.1, -0.05) is 26.0 Å². The van der Waals surface area contributed by atoms with Crippen LogP contribution in [0.3, 0.4) is 0 Å². The third kappa shape index (κ3) is 2.83. The molecule has 2 N–H and O–H groups in total. The number of nitrogens with zero attached hydrogens (tertiary/aromatic N) is 2.